The number of carbonyl (C=O) groups excluding carboxylic acids is 1. The first-order valence-corrected chi connectivity index (χ1v) is 9.62. The molecule has 0 saturated heterocycles. The summed E-state index contributed by atoms with van der Waals surface area (Å²) in [6, 6.07) is 2.97. The number of carbonyl (C=O) groups is 1. The molecule has 4 atom stereocenters. The zero-order chi connectivity index (χ0) is 18.1. The summed E-state index contributed by atoms with van der Waals surface area (Å²) in [6.45, 7) is 1.23. The number of aliphatic hydroxyl groups excluding tert-OH is 2. The molecule has 25 heavy (non-hydrogen) atoms. The van der Waals surface area contributed by atoms with E-state index in [1.54, 1.807) is 0 Å². The van der Waals surface area contributed by atoms with Crippen LogP contribution in [-0.2, 0) is 9.53 Å². The molecular weight excluding hydrogens is 395 g/mol. The van der Waals surface area contributed by atoms with Crippen molar-refractivity contribution in [3.8, 4) is 10.0 Å². The van der Waals surface area contributed by atoms with Crippen LogP contribution >= 0.6 is 0 Å². The van der Waals surface area contributed by atoms with Crippen molar-refractivity contribution in [2.45, 2.75) is 31.6 Å². The Hall–Kier alpha value is -1.93. The Morgan fingerprint density at radius 3 is 2.80 bits per heavy atom. The van der Waals surface area contributed by atoms with Crippen LogP contribution in [0.25, 0.3) is 10.0 Å². The molecule has 0 spiro atoms. The zero-order valence-electron chi connectivity index (χ0n) is 13.4. The van der Waals surface area contributed by atoms with Crippen molar-refractivity contribution < 1.29 is 19.7 Å². The van der Waals surface area contributed by atoms with E-state index in [0.29, 0.717) is 5.56 Å². The van der Waals surface area contributed by atoms with Gasteiger partial charge in [0.15, 0.2) is 0 Å². The Kier molecular flexibility index (Phi) is 5.10. The predicted molar refractivity (Wildman–Crippen MR) is 89.5 cm³/mol. The molecule has 1 aliphatic rings. The molecule has 9 heteroatoms. The Labute approximate surface area is 148 Å². The third-order valence-corrected chi connectivity index (χ3v) is 6.28. The molecule has 0 aliphatic heterocycles. The van der Waals surface area contributed by atoms with Crippen LogP contribution in [-0.4, -0.2) is 59.1 Å². The van der Waals surface area contributed by atoms with Gasteiger partial charge in [0, 0.05) is 0 Å². The Morgan fingerprint density at radius 2 is 2.16 bits per heavy atom. The van der Waals surface area contributed by atoms with Gasteiger partial charge in [-0.05, 0) is 0 Å². The van der Waals surface area contributed by atoms with Crippen LogP contribution < -0.4 is 11.2 Å². The monoisotopic (exact) mass is 414 g/mol. The maximum absolute atomic E-state index is 12.2. The maximum atomic E-state index is 12.2. The molecule has 2 aromatic rings. The van der Waals surface area contributed by atoms with Gasteiger partial charge in [-0.15, -0.1) is 0 Å². The average Bonchev–Trinajstić information content (AvgIpc) is 3.17. The van der Waals surface area contributed by atoms with Gasteiger partial charge in [-0.25, -0.2) is 0 Å². The van der Waals surface area contributed by atoms with Crippen molar-refractivity contribution in [3.05, 3.63) is 44.1 Å². The molecule has 8 nitrogen and oxygen atoms in total. The SMILES string of the molecule is CC(=O)OC[C@H]1C[C@@H](n2cc(-c3ccc[se]3)c(=O)[nH]c2=O)[C@@H](O)[C@H]1O. The second kappa shape index (κ2) is 7.13. The van der Waals surface area contributed by atoms with E-state index in [4.69, 9.17) is 4.74 Å². The summed E-state index contributed by atoms with van der Waals surface area (Å²) in [5.41, 5.74) is -0.727. The molecule has 1 fully saturated rings. The molecule has 0 bridgehead atoms. The summed E-state index contributed by atoms with van der Waals surface area (Å²) in [7, 11) is 0. The fourth-order valence-electron chi connectivity index (χ4n) is 3.10. The first-order valence-electron chi connectivity index (χ1n) is 7.77. The van der Waals surface area contributed by atoms with Crippen LogP contribution in [0.15, 0.2) is 32.9 Å². The van der Waals surface area contributed by atoms with Crippen molar-refractivity contribution >= 4 is 20.5 Å². The van der Waals surface area contributed by atoms with Crippen LogP contribution in [0.1, 0.15) is 19.4 Å². The van der Waals surface area contributed by atoms with Gasteiger partial charge in [0.05, 0.1) is 0 Å². The van der Waals surface area contributed by atoms with E-state index in [1.807, 2.05) is 17.1 Å². The third-order valence-electron chi connectivity index (χ3n) is 4.38. The van der Waals surface area contributed by atoms with Crippen molar-refractivity contribution in [1.82, 2.24) is 9.55 Å². The van der Waals surface area contributed by atoms with Gasteiger partial charge in [-0.3, -0.25) is 0 Å². The summed E-state index contributed by atoms with van der Waals surface area (Å²) in [6.07, 6.45) is -0.624. The van der Waals surface area contributed by atoms with Gasteiger partial charge in [0.2, 0.25) is 0 Å². The Bertz CT molecular complexity index is 871. The Morgan fingerprint density at radius 1 is 1.40 bits per heavy atom. The number of nitrogens with zero attached hydrogens (tertiary/aromatic N) is 1. The van der Waals surface area contributed by atoms with Crippen molar-refractivity contribution in [2.24, 2.45) is 5.92 Å². The van der Waals surface area contributed by atoms with Gasteiger partial charge in [-0.2, -0.15) is 0 Å². The van der Waals surface area contributed by atoms with Crippen LogP contribution in [0, 0.1) is 5.92 Å². The molecule has 2 aromatic heterocycles. The quantitative estimate of drug-likeness (QED) is 0.442. The summed E-state index contributed by atoms with van der Waals surface area (Å²) in [5, 5.41) is 20.5. The summed E-state index contributed by atoms with van der Waals surface area (Å²) >= 11 is 0.0148. The van der Waals surface area contributed by atoms with Gasteiger partial charge < -0.3 is 0 Å². The van der Waals surface area contributed by atoms with Gasteiger partial charge >= 0.3 is 148 Å². The minimum absolute atomic E-state index is 0.0148. The number of H-pyrrole nitrogens is 1. The molecule has 0 aromatic carbocycles. The zero-order valence-corrected chi connectivity index (χ0v) is 15.1. The van der Waals surface area contributed by atoms with Crippen LogP contribution in [0.5, 0.6) is 0 Å². The van der Waals surface area contributed by atoms with Gasteiger partial charge in [0.1, 0.15) is 0 Å². The van der Waals surface area contributed by atoms with E-state index in [-0.39, 0.29) is 27.5 Å². The second-order valence-electron chi connectivity index (χ2n) is 6.03. The van der Waals surface area contributed by atoms with E-state index in [0.717, 1.165) is 4.44 Å². The van der Waals surface area contributed by atoms with E-state index in [9.17, 15) is 24.6 Å². The molecule has 2 heterocycles. The number of rotatable bonds is 4. The topological polar surface area (TPSA) is 122 Å². The second-order valence-corrected chi connectivity index (χ2v) is 8.02. The van der Waals surface area contributed by atoms with E-state index < -0.39 is 41.4 Å². The van der Waals surface area contributed by atoms with E-state index >= 15 is 0 Å². The summed E-state index contributed by atoms with van der Waals surface area (Å²) in [5.74, 6) is -0.959. The van der Waals surface area contributed by atoms with Gasteiger partial charge in [0.25, 0.3) is 0 Å². The summed E-state index contributed by atoms with van der Waals surface area (Å²) < 4.78 is 7.01. The first-order chi connectivity index (χ1) is 11.9. The normalized spacial score (nSPS) is 25.9. The predicted octanol–water partition coefficient (Wildman–Crippen LogP) is -0.893. The van der Waals surface area contributed by atoms with Crippen molar-refractivity contribution in [2.75, 3.05) is 6.61 Å². The minimum atomic E-state index is -1.20. The number of aliphatic hydroxyl groups is 2. The number of hydrogen-bond acceptors (Lipinski definition) is 6. The van der Waals surface area contributed by atoms with E-state index in [1.165, 1.54) is 17.7 Å². The van der Waals surface area contributed by atoms with Crippen LogP contribution in [0.4, 0.5) is 0 Å². The molecule has 3 rings (SSSR count). The summed E-state index contributed by atoms with van der Waals surface area (Å²) in [4.78, 5) is 39.5. The number of aromatic nitrogens is 2. The number of esters is 1. The molecule has 1 aliphatic carbocycles. The fraction of sp³-hybridized carbons (Fsp3) is 0.438. The number of hydrogen-bond donors (Lipinski definition) is 3. The fourth-order valence-corrected chi connectivity index (χ4v) is 4.64. The molecule has 3 N–H and O–H groups in total. The average molecular weight is 413 g/mol. The molecule has 0 radical (unpaired) electrons. The molecule has 134 valence electrons. The standard InChI is InChI=1S/C16H18N2O6Se/c1-8(19)24-7-9-5-11(14(21)13(9)20)18-6-10(12-3-2-4-25-12)15(22)17-16(18)23/h2-4,6,9,11,13-14,20-21H,5,7H2,1H3,(H,17,22,23)/t9-,11-,13+,14-/m1/s1. The number of ether oxygens (including phenoxy) is 1. The molecular formula is C16H18N2O6Se. The van der Waals surface area contributed by atoms with Crippen LogP contribution in [0.2, 0.25) is 0 Å². The van der Waals surface area contributed by atoms with Crippen molar-refractivity contribution in [1.29, 1.82) is 0 Å². The van der Waals surface area contributed by atoms with E-state index in [2.05, 4.69) is 4.98 Å². The molecule has 0 amide bonds. The first kappa shape index (κ1) is 17.9. The molecule has 0 unspecified atom stereocenters. The van der Waals surface area contributed by atoms with Crippen molar-refractivity contribution in [3.63, 3.8) is 0 Å². The van der Waals surface area contributed by atoms with Crippen LogP contribution in [0.3, 0.4) is 0 Å². The molecule has 1 saturated carbocycles. The number of nitrogens with one attached hydrogen (secondary N) is 1. The number of aromatic amines is 1. The third kappa shape index (κ3) is 3.55. The van der Waals surface area contributed by atoms with Gasteiger partial charge in [-0.1, -0.05) is 0 Å². The Balaban J connectivity index is 1.93.